The van der Waals surface area contributed by atoms with Crippen LogP contribution < -0.4 is 5.32 Å². The van der Waals surface area contributed by atoms with Gasteiger partial charge < -0.3 is 9.47 Å². The number of imidazole rings is 1. The van der Waals surface area contributed by atoms with E-state index in [4.69, 9.17) is 4.98 Å². The summed E-state index contributed by atoms with van der Waals surface area (Å²) in [5.41, 5.74) is 3.25. The molecule has 2 amide bonds. The summed E-state index contributed by atoms with van der Waals surface area (Å²) in [7, 11) is 0. The Labute approximate surface area is 174 Å². The number of anilines is 1. The molecule has 1 unspecified atom stereocenters. The van der Waals surface area contributed by atoms with Crippen LogP contribution in [0.1, 0.15) is 41.2 Å². The lowest BCUT2D eigenvalue weighted by atomic mass is 10.1. The normalized spacial score (nSPS) is 16.8. The Morgan fingerprint density at radius 2 is 2.10 bits per heavy atom. The Morgan fingerprint density at radius 1 is 1.23 bits per heavy atom. The maximum absolute atomic E-state index is 12.8. The van der Waals surface area contributed by atoms with Gasteiger partial charge in [-0.25, -0.2) is 4.98 Å². The average molecular weight is 404 g/mol. The molecule has 2 aromatic heterocycles. The summed E-state index contributed by atoms with van der Waals surface area (Å²) in [5.74, 6) is 0.0993. The highest BCUT2D eigenvalue weighted by Gasteiger charge is 2.27. The highest BCUT2D eigenvalue weighted by molar-refractivity contribution is 6.04. The molecule has 1 fully saturated rings. The smallest absolute Gasteiger partial charge is 0.259 e. The number of carbonyl (C=O) groups excluding carboxylic acids is 2. The van der Waals surface area contributed by atoms with E-state index >= 15 is 0 Å². The van der Waals surface area contributed by atoms with Gasteiger partial charge >= 0.3 is 0 Å². The topological polar surface area (TPSA) is 93.0 Å². The van der Waals surface area contributed by atoms with E-state index in [-0.39, 0.29) is 17.9 Å². The van der Waals surface area contributed by atoms with Crippen LogP contribution in [0.15, 0.2) is 49.3 Å². The van der Waals surface area contributed by atoms with Crippen molar-refractivity contribution in [3.63, 3.8) is 0 Å². The monoisotopic (exact) mass is 404 g/mol. The Bertz CT molecular complexity index is 1090. The van der Waals surface area contributed by atoms with Crippen LogP contribution in [-0.2, 0) is 4.79 Å². The molecule has 1 aliphatic heterocycles. The number of nitrogens with one attached hydrogen (secondary N) is 1. The van der Waals surface area contributed by atoms with Crippen LogP contribution in [0.3, 0.4) is 0 Å². The summed E-state index contributed by atoms with van der Waals surface area (Å²) in [4.78, 5) is 31.6. The van der Waals surface area contributed by atoms with Gasteiger partial charge in [-0.1, -0.05) is 18.7 Å². The first-order valence-electron chi connectivity index (χ1n) is 10.1. The van der Waals surface area contributed by atoms with Crippen LogP contribution in [0.2, 0.25) is 0 Å². The predicted octanol–water partition coefficient (Wildman–Crippen LogP) is 3.13. The van der Waals surface area contributed by atoms with Crippen LogP contribution in [0, 0.1) is 6.92 Å². The molecule has 8 heteroatoms. The van der Waals surface area contributed by atoms with Crippen molar-refractivity contribution in [3.05, 3.63) is 60.4 Å². The molecule has 30 heavy (non-hydrogen) atoms. The van der Waals surface area contributed by atoms with Crippen molar-refractivity contribution in [2.45, 2.75) is 32.2 Å². The number of likely N-dealkylation sites (tertiary alicyclic amines) is 1. The number of para-hydroxylation sites is 1. The summed E-state index contributed by atoms with van der Waals surface area (Å²) in [6.45, 7) is 6.91. The third kappa shape index (κ3) is 3.80. The molecule has 3 heterocycles. The highest BCUT2D eigenvalue weighted by atomic mass is 16.2. The minimum atomic E-state index is -0.299. The first kappa shape index (κ1) is 19.8. The Morgan fingerprint density at radius 3 is 2.87 bits per heavy atom. The van der Waals surface area contributed by atoms with Gasteiger partial charge in [-0.15, -0.1) is 0 Å². The number of benzene rings is 1. The summed E-state index contributed by atoms with van der Waals surface area (Å²) < 4.78 is 2.08. The molecule has 0 bridgehead atoms. The molecule has 1 aliphatic rings. The molecule has 0 spiro atoms. The van der Waals surface area contributed by atoms with Crippen LogP contribution in [-0.4, -0.2) is 49.6 Å². The van der Waals surface area contributed by atoms with Gasteiger partial charge in [0.1, 0.15) is 0 Å². The van der Waals surface area contributed by atoms with Crippen molar-refractivity contribution in [1.82, 2.24) is 24.6 Å². The maximum Gasteiger partial charge on any atom is 0.259 e. The third-order valence-corrected chi connectivity index (χ3v) is 5.48. The van der Waals surface area contributed by atoms with E-state index in [1.165, 1.54) is 18.5 Å². The highest BCUT2D eigenvalue weighted by Crippen LogP contribution is 2.32. The van der Waals surface area contributed by atoms with Gasteiger partial charge in [0, 0.05) is 13.1 Å². The summed E-state index contributed by atoms with van der Waals surface area (Å²) in [6.07, 6.45) is 7.07. The number of aryl methyl sites for hydroxylation is 1. The second kappa shape index (κ2) is 8.44. The fourth-order valence-corrected chi connectivity index (χ4v) is 4.02. The summed E-state index contributed by atoms with van der Waals surface area (Å²) in [6, 6.07) is 7.52. The first-order valence-corrected chi connectivity index (χ1v) is 10.1. The van der Waals surface area contributed by atoms with Gasteiger partial charge in [0.15, 0.2) is 0 Å². The van der Waals surface area contributed by atoms with Crippen molar-refractivity contribution in [3.8, 4) is 0 Å². The quantitative estimate of drug-likeness (QED) is 0.675. The number of nitrogens with zero attached hydrogens (tertiary/aromatic N) is 5. The third-order valence-electron chi connectivity index (χ3n) is 5.48. The number of hydrogen-bond acceptors (Lipinski definition) is 5. The van der Waals surface area contributed by atoms with Crippen LogP contribution in [0.25, 0.3) is 11.0 Å². The zero-order valence-corrected chi connectivity index (χ0v) is 16.9. The fourth-order valence-electron chi connectivity index (χ4n) is 4.02. The van der Waals surface area contributed by atoms with E-state index in [9.17, 15) is 9.59 Å². The van der Waals surface area contributed by atoms with Crippen LogP contribution in [0.4, 0.5) is 5.95 Å². The SMILES string of the molecule is C=CC(=O)N1CCCCC(n2c(NC(=O)c3ccnnc3)nc3cccc(C)c32)C1. The lowest BCUT2D eigenvalue weighted by Crippen LogP contribution is -2.34. The minimum absolute atomic E-state index is 0.00614. The van der Waals surface area contributed by atoms with Crippen LogP contribution in [0.5, 0.6) is 0 Å². The molecule has 154 valence electrons. The number of carbonyl (C=O) groups is 2. The molecule has 1 atom stereocenters. The fraction of sp³-hybridized carbons (Fsp3) is 0.318. The molecule has 0 radical (unpaired) electrons. The van der Waals surface area contributed by atoms with E-state index < -0.39 is 0 Å². The molecule has 0 saturated carbocycles. The van der Waals surface area contributed by atoms with Gasteiger partial charge in [0.2, 0.25) is 11.9 Å². The Hall–Kier alpha value is -3.55. The molecular weight excluding hydrogens is 380 g/mol. The lowest BCUT2D eigenvalue weighted by molar-refractivity contribution is -0.126. The number of rotatable bonds is 4. The summed E-state index contributed by atoms with van der Waals surface area (Å²) >= 11 is 0. The first-order chi connectivity index (χ1) is 14.6. The van der Waals surface area contributed by atoms with Gasteiger partial charge in [-0.2, -0.15) is 10.2 Å². The summed E-state index contributed by atoms with van der Waals surface area (Å²) in [5, 5.41) is 10.4. The van der Waals surface area contributed by atoms with E-state index in [0.29, 0.717) is 24.6 Å². The molecule has 4 rings (SSSR count). The van der Waals surface area contributed by atoms with Crippen molar-refractivity contribution < 1.29 is 9.59 Å². The minimum Gasteiger partial charge on any atom is -0.337 e. The van der Waals surface area contributed by atoms with E-state index in [1.54, 1.807) is 6.07 Å². The second-order valence-corrected chi connectivity index (χ2v) is 7.47. The van der Waals surface area contributed by atoms with Gasteiger partial charge in [0.25, 0.3) is 5.91 Å². The van der Waals surface area contributed by atoms with Crippen LogP contribution >= 0.6 is 0 Å². The molecule has 8 nitrogen and oxygen atoms in total. The van der Waals surface area contributed by atoms with Crippen molar-refractivity contribution in [1.29, 1.82) is 0 Å². The lowest BCUT2D eigenvalue weighted by Gasteiger charge is -2.26. The molecule has 1 aromatic carbocycles. The number of aromatic nitrogens is 4. The number of fused-ring (bicyclic) bond motifs is 1. The van der Waals surface area contributed by atoms with Crippen molar-refractivity contribution >= 4 is 28.8 Å². The van der Waals surface area contributed by atoms with E-state index in [0.717, 1.165) is 35.9 Å². The van der Waals surface area contributed by atoms with Crippen molar-refractivity contribution in [2.75, 3.05) is 18.4 Å². The van der Waals surface area contributed by atoms with Gasteiger partial charge in [-0.3, -0.25) is 14.9 Å². The van der Waals surface area contributed by atoms with Gasteiger partial charge in [-0.05, 0) is 50.0 Å². The van der Waals surface area contributed by atoms with E-state index in [1.807, 2.05) is 30.0 Å². The zero-order valence-electron chi connectivity index (χ0n) is 16.9. The molecule has 1 saturated heterocycles. The molecule has 1 N–H and O–H groups in total. The van der Waals surface area contributed by atoms with Crippen molar-refractivity contribution in [2.24, 2.45) is 0 Å². The number of hydrogen-bond donors (Lipinski definition) is 1. The van der Waals surface area contributed by atoms with Gasteiger partial charge in [0.05, 0.1) is 35.0 Å². The zero-order chi connectivity index (χ0) is 21.1. The predicted molar refractivity (Wildman–Crippen MR) is 114 cm³/mol. The number of amides is 2. The molecular formula is C22H24N6O2. The molecule has 0 aliphatic carbocycles. The maximum atomic E-state index is 12.8. The second-order valence-electron chi connectivity index (χ2n) is 7.47. The Balaban J connectivity index is 1.77. The molecule has 3 aromatic rings. The Kier molecular flexibility index (Phi) is 5.56. The largest absolute Gasteiger partial charge is 0.337 e. The standard InChI is InChI=1S/C22H24N6O2/c1-3-19(29)27-12-5-4-8-17(14-27)28-20-15(2)7-6-9-18(20)25-22(28)26-21(30)16-10-11-23-24-13-16/h3,6-7,9-11,13,17H,1,4-5,8,12,14H2,2H3,(H,25,26,30). The van der Waals surface area contributed by atoms with E-state index in [2.05, 4.69) is 26.7 Å². The average Bonchev–Trinajstić information content (AvgIpc) is 2.96.